The lowest BCUT2D eigenvalue weighted by Crippen LogP contribution is -2.50. The van der Waals surface area contributed by atoms with Crippen LogP contribution in [0.3, 0.4) is 0 Å². The number of rotatable bonds is 8. The van der Waals surface area contributed by atoms with Gasteiger partial charge in [-0.3, -0.25) is 4.90 Å². The molecule has 0 aliphatic carbocycles. The Bertz CT molecular complexity index is 498. The van der Waals surface area contributed by atoms with Gasteiger partial charge in [-0.15, -0.1) is 0 Å². The highest BCUT2D eigenvalue weighted by atomic mass is 28.4. The molecule has 0 spiro atoms. The Morgan fingerprint density at radius 1 is 1.04 bits per heavy atom. The van der Waals surface area contributed by atoms with Gasteiger partial charge in [-0.25, -0.2) is 4.39 Å². The van der Waals surface area contributed by atoms with E-state index >= 15 is 0 Å². The van der Waals surface area contributed by atoms with Crippen molar-refractivity contribution in [1.82, 2.24) is 4.90 Å². The first-order valence-electron chi connectivity index (χ1n) is 9.83. The quantitative estimate of drug-likeness (QED) is 0.541. The lowest BCUT2D eigenvalue weighted by atomic mass is 10.2. The maximum Gasteiger partial charge on any atom is 0.200 e. The Labute approximate surface area is 154 Å². The van der Waals surface area contributed by atoms with E-state index in [0.717, 1.165) is 19.5 Å². The molecular weight excluding hydrogens is 329 g/mol. The molecule has 0 N–H and O–H groups in total. The first-order valence-corrected chi connectivity index (χ1v) is 12.0. The van der Waals surface area contributed by atoms with Gasteiger partial charge in [-0.05, 0) is 28.6 Å². The predicted octanol–water partition coefficient (Wildman–Crippen LogP) is 5.79. The average Bonchev–Trinajstić information content (AvgIpc) is 2.94. The summed E-state index contributed by atoms with van der Waals surface area (Å²) in [5.74, 6) is 0. The molecule has 25 heavy (non-hydrogen) atoms. The Morgan fingerprint density at radius 3 is 2.08 bits per heavy atom. The zero-order chi connectivity index (χ0) is 18.6. The van der Waals surface area contributed by atoms with Crippen LogP contribution in [0.25, 0.3) is 0 Å². The highest BCUT2D eigenvalue weighted by molar-refractivity contribution is 6.77. The van der Waals surface area contributed by atoms with Gasteiger partial charge in [-0.2, -0.15) is 0 Å². The van der Waals surface area contributed by atoms with Gasteiger partial charge < -0.3 is 4.43 Å². The molecule has 1 heterocycles. The van der Waals surface area contributed by atoms with Crippen molar-refractivity contribution in [3.8, 4) is 0 Å². The summed E-state index contributed by atoms with van der Waals surface area (Å²) >= 11 is 0. The molecule has 1 saturated heterocycles. The van der Waals surface area contributed by atoms with E-state index in [0.29, 0.717) is 16.6 Å². The molecule has 1 aliphatic rings. The average molecular weight is 366 g/mol. The highest BCUT2D eigenvalue weighted by Gasteiger charge is 2.48. The number of alkyl halides is 1. The van der Waals surface area contributed by atoms with Gasteiger partial charge in [0.2, 0.25) is 8.32 Å². The number of hydrogen-bond acceptors (Lipinski definition) is 2. The topological polar surface area (TPSA) is 12.5 Å². The summed E-state index contributed by atoms with van der Waals surface area (Å²) < 4.78 is 20.6. The number of nitrogens with zero attached hydrogens (tertiary/aromatic N) is 1. The fraction of sp³-hybridized carbons (Fsp3) is 0.714. The van der Waals surface area contributed by atoms with Crippen molar-refractivity contribution in [2.75, 3.05) is 13.2 Å². The van der Waals surface area contributed by atoms with Gasteiger partial charge >= 0.3 is 0 Å². The van der Waals surface area contributed by atoms with Gasteiger partial charge in [0, 0.05) is 19.1 Å². The zero-order valence-corrected chi connectivity index (χ0v) is 17.8. The van der Waals surface area contributed by atoms with Crippen molar-refractivity contribution in [3.05, 3.63) is 35.9 Å². The lowest BCUT2D eigenvalue weighted by Gasteiger charge is -2.44. The molecule has 1 aromatic carbocycles. The van der Waals surface area contributed by atoms with E-state index in [-0.39, 0.29) is 18.8 Å². The third kappa shape index (κ3) is 4.53. The fourth-order valence-electron chi connectivity index (χ4n) is 4.89. The molecule has 0 saturated carbocycles. The molecule has 1 aromatic rings. The van der Waals surface area contributed by atoms with E-state index in [9.17, 15) is 4.39 Å². The molecule has 4 heteroatoms. The molecule has 0 amide bonds. The maximum atomic E-state index is 13.6. The van der Waals surface area contributed by atoms with Gasteiger partial charge in [0.05, 0.1) is 6.10 Å². The van der Waals surface area contributed by atoms with Crippen LogP contribution in [0, 0.1) is 0 Å². The summed E-state index contributed by atoms with van der Waals surface area (Å²) in [7, 11) is -1.91. The van der Waals surface area contributed by atoms with Gasteiger partial charge in [0.15, 0.2) is 0 Å². The normalized spacial score (nSPS) is 22.5. The SMILES string of the molecule is CC(C)[Si](O[C@@H]1C[C@@H](CF)N(Cc2ccccc2)C1)(C(C)C)C(C)C. The van der Waals surface area contributed by atoms with E-state index in [2.05, 4.69) is 70.7 Å². The van der Waals surface area contributed by atoms with E-state index in [4.69, 9.17) is 4.43 Å². The number of halogens is 1. The summed E-state index contributed by atoms with van der Waals surface area (Å²) in [6.45, 7) is 15.3. The lowest BCUT2D eigenvalue weighted by molar-refractivity contribution is 0.169. The molecule has 0 radical (unpaired) electrons. The third-order valence-electron chi connectivity index (χ3n) is 5.97. The number of benzene rings is 1. The molecule has 2 atom stereocenters. The molecule has 1 fully saturated rings. The fourth-order valence-corrected chi connectivity index (χ4v) is 10.5. The van der Waals surface area contributed by atoms with Crippen LogP contribution in [0.15, 0.2) is 30.3 Å². The monoisotopic (exact) mass is 365 g/mol. The molecule has 0 unspecified atom stereocenters. The molecule has 0 aromatic heterocycles. The van der Waals surface area contributed by atoms with Crippen molar-refractivity contribution in [1.29, 1.82) is 0 Å². The first kappa shape index (κ1) is 20.6. The molecule has 1 aliphatic heterocycles. The minimum Gasteiger partial charge on any atom is -0.412 e. The van der Waals surface area contributed by atoms with E-state index < -0.39 is 8.32 Å². The van der Waals surface area contributed by atoms with Crippen molar-refractivity contribution in [2.24, 2.45) is 0 Å². The van der Waals surface area contributed by atoms with Crippen LogP contribution in [-0.2, 0) is 11.0 Å². The molecule has 0 bridgehead atoms. The van der Waals surface area contributed by atoms with Gasteiger partial charge in [0.25, 0.3) is 0 Å². The minimum absolute atomic E-state index is 0.0107. The van der Waals surface area contributed by atoms with Crippen LogP contribution in [0.2, 0.25) is 16.6 Å². The third-order valence-corrected chi connectivity index (χ3v) is 12.1. The largest absolute Gasteiger partial charge is 0.412 e. The molecular formula is C21H36FNOSi. The van der Waals surface area contributed by atoms with Gasteiger partial charge in [-0.1, -0.05) is 71.9 Å². The van der Waals surface area contributed by atoms with E-state index in [1.165, 1.54) is 5.56 Å². The maximum absolute atomic E-state index is 13.6. The van der Waals surface area contributed by atoms with E-state index in [1.54, 1.807) is 0 Å². The Kier molecular flexibility index (Phi) is 7.24. The standard InChI is InChI=1S/C21H36FNOSi/c1-16(2)25(17(3)4,18(5)6)24-21-12-20(13-22)23(15-21)14-19-10-8-7-9-11-19/h7-11,16-18,20-21H,12-15H2,1-6H3/t20-,21+/m0/s1. The van der Waals surface area contributed by atoms with Gasteiger partial charge in [0.1, 0.15) is 6.67 Å². The van der Waals surface area contributed by atoms with Crippen LogP contribution < -0.4 is 0 Å². The second-order valence-corrected chi connectivity index (χ2v) is 13.9. The first-order chi connectivity index (χ1) is 11.8. The van der Waals surface area contributed by atoms with Crippen LogP contribution in [0.1, 0.15) is 53.5 Å². The van der Waals surface area contributed by atoms with Crippen LogP contribution in [0.4, 0.5) is 4.39 Å². The minimum atomic E-state index is -1.91. The van der Waals surface area contributed by atoms with Crippen molar-refractivity contribution >= 4 is 8.32 Å². The van der Waals surface area contributed by atoms with E-state index in [1.807, 2.05) is 6.07 Å². The molecule has 2 nitrogen and oxygen atoms in total. The van der Waals surface area contributed by atoms with Crippen LogP contribution >= 0.6 is 0 Å². The summed E-state index contributed by atoms with van der Waals surface area (Å²) in [6, 6.07) is 10.4. The van der Waals surface area contributed by atoms with Crippen molar-refractivity contribution < 1.29 is 8.82 Å². The summed E-state index contributed by atoms with van der Waals surface area (Å²) in [4.78, 5) is 2.28. The zero-order valence-electron chi connectivity index (χ0n) is 16.8. The summed E-state index contributed by atoms with van der Waals surface area (Å²) in [5, 5.41) is 0. The van der Waals surface area contributed by atoms with Crippen molar-refractivity contribution in [3.63, 3.8) is 0 Å². The van der Waals surface area contributed by atoms with Crippen molar-refractivity contribution in [2.45, 2.75) is 83.3 Å². The summed E-state index contributed by atoms with van der Waals surface area (Å²) in [6.07, 6.45) is 0.993. The van der Waals surface area contributed by atoms with Crippen LogP contribution in [0.5, 0.6) is 0 Å². The Balaban J connectivity index is 2.12. The number of hydrogen-bond donors (Lipinski definition) is 0. The molecule has 2 rings (SSSR count). The summed E-state index contributed by atoms with van der Waals surface area (Å²) in [5.41, 5.74) is 2.96. The Morgan fingerprint density at radius 2 is 1.60 bits per heavy atom. The number of likely N-dealkylation sites (tertiary alicyclic amines) is 1. The van der Waals surface area contributed by atoms with Crippen LogP contribution in [-0.4, -0.2) is 38.6 Å². The second kappa shape index (κ2) is 8.78. The highest BCUT2D eigenvalue weighted by Crippen LogP contribution is 2.44. The second-order valence-electron chi connectivity index (χ2n) is 8.52. The smallest absolute Gasteiger partial charge is 0.200 e. The predicted molar refractivity (Wildman–Crippen MR) is 107 cm³/mol. The molecule has 142 valence electrons. The Hall–Kier alpha value is -0.713.